The Morgan fingerprint density at radius 1 is 0.571 bits per heavy atom. The molecule has 6 rings (SSSR count). The Bertz CT molecular complexity index is 1850. The van der Waals surface area contributed by atoms with Crippen molar-refractivity contribution in [1.82, 2.24) is 45.5 Å². The molecule has 0 spiro atoms. The lowest BCUT2D eigenvalue weighted by molar-refractivity contribution is 0.0963. The van der Waals surface area contributed by atoms with Crippen molar-refractivity contribution < 1.29 is 9.59 Å². The van der Waals surface area contributed by atoms with Gasteiger partial charge in [0.2, 0.25) is 17.8 Å². The first-order valence-electron chi connectivity index (χ1n) is 18.3. The normalized spacial score (nSPS) is 18.0. The first-order valence-corrected chi connectivity index (χ1v) is 19.1. The van der Waals surface area contributed by atoms with Gasteiger partial charge in [0, 0.05) is 32.2 Å². The fourth-order valence-electron chi connectivity index (χ4n) is 6.72. The van der Waals surface area contributed by atoms with Crippen molar-refractivity contribution >= 4 is 88.1 Å². The molecule has 15 N–H and O–H groups in total. The number of carbonyl (C=O) groups is 2. The van der Waals surface area contributed by atoms with Crippen molar-refractivity contribution in [2.24, 2.45) is 21.5 Å². The van der Waals surface area contributed by atoms with E-state index >= 15 is 0 Å². The summed E-state index contributed by atoms with van der Waals surface area (Å²) in [5.74, 6) is -0.442. The van der Waals surface area contributed by atoms with Gasteiger partial charge in [0.1, 0.15) is 0 Å². The van der Waals surface area contributed by atoms with Crippen LogP contribution in [0.2, 0.25) is 10.3 Å². The zero-order chi connectivity index (χ0) is 39.9. The summed E-state index contributed by atoms with van der Waals surface area (Å²) in [5.41, 5.74) is 34.6. The average Bonchev–Trinajstić information content (AvgIpc) is 3.43. The summed E-state index contributed by atoms with van der Waals surface area (Å²) < 4.78 is 0. The highest BCUT2D eigenvalue weighted by atomic mass is 35.5. The van der Waals surface area contributed by atoms with E-state index in [2.05, 4.69) is 55.7 Å². The van der Waals surface area contributed by atoms with Crippen LogP contribution in [0.1, 0.15) is 85.2 Å². The maximum absolute atomic E-state index is 12.7. The van der Waals surface area contributed by atoms with Crippen LogP contribution in [0.4, 0.5) is 41.1 Å². The zero-order valence-corrected chi connectivity index (χ0v) is 32.1. The third kappa shape index (κ3) is 10.1. The van der Waals surface area contributed by atoms with Crippen LogP contribution in [0.5, 0.6) is 0 Å². The topological polar surface area (TPSA) is 348 Å². The molecule has 24 heteroatoms. The van der Waals surface area contributed by atoms with E-state index < -0.39 is 11.8 Å². The first-order chi connectivity index (χ1) is 26.8. The smallest absolute Gasteiger partial charge is 0.280 e. The molecular formula is C32H46Cl2N20O2. The summed E-state index contributed by atoms with van der Waals surface area (Å²) in [5, 5.41) is 8.30. The highest BCUT2D eigenvalue weighted by molar-refractivity contribution is 6.32. The Morgan fingerprint density at radius 3 is 1.39 bits per heavy atom. The van der Waals surface area contributed by atoms with Crippen LogP contribution in [0.25, 0.3) is 0 Å². The van der Waals surface area contributed by atoms with Crippen LogP contribution < -0.4 is 60.2 Å². The van der Waals surface area contributed by atoms with Crippen molar-refractivity contribution in [3.05, 3.63) is 21.7 Å². The number of nitrogens with zero attached hydrogens (tertiary/aromatic N) is 11. The number of carbonyl (C=O) groups excluding carboxylic acids is 2. The van der Waals surface area contributed by atoms with Crippen LogP contribution in [0.15, 0.2) is 9.98 Å². The number of nitrogens with one attached hydrogen (secondary N) is 3. The number of aromatic nitrogens is 7. The molecule has 3 aromatic rings. The van der Waals surface area contributed by atoms with Gasteiger partial charge in [-0.05, 0) is 38.5 Å². The number of halogens is 2. The highest BCUT2D eigenvalue weighted by Gasteiger charge is 2.27. The summed E-state index contributed by atoms with van der Waals surface area (Å²) in [7, 11) is 0. The van der Waals surface area contributed by atoms with Crippen molar-refractivity contribution in [3.63, 3.8) is 0 Å². The van der Waals surface area contributed by atoms with E-state index in [4.69, 9.17) is 72.6 Å². The maximum Gasteiger partial charge on any atom is 0.280 e. The SMILES string of the molecule is NC(=NC1CCN(c2nc(NC3CCCCCC3)nc(N3CCC(N=C(N)NC(=O)c4nc(Cl)c(N)nc4N)CC3)n2)CC1)NC(=O)c1nc(Cl)c(N)nc1N. The van der Waals surface area contributed by atoms with Crippen molar-refractivity contribution in [1.29, 1.82) is 0 Å². The van der Waals surface area contributed by atoms with Gasteiger partial charge < -0.3 is 49.5 Å². The second-order valence-electron chi connectivity index (χ2n) is 13.7. The van der Waals surface area contributed by atoms with Gasteiger partial charge in [-0.25, -0.2) is 29.9 Å². The maximum atomic E-state index is 12.7. The molecule has 0 bridgehead atoms. The summed E-state index contributed by atoms with van der Waals surface area (Å²) in [6.07, 6.45) is 9.37. The Hall–Kier alpha value is -5.77. The van der Waals surface area contributed by atoms with Gasteiger partial charge in [0.25, 0.3) is 11.8 Å². The molecule has 22 nitrogen and oxygen atoms in total. The van der Waals surface area contributed by atoms with Gasteiger partial charge in [0.05, 0.1) is 12.1 Å². The molecule has 300 valence electrons. The minimum absolute atomic E-state index is 0.0810. The molecule has 0 aromatic carbocycles. The monoisotopic (exact) mass is 812 g/mol. The predicted octanol–water partition coefficient (Wildman–Crippen LogP) is 0.649. The lowest BCUT2D eigenvalue weighted by atomic mass is 10.1. The molecule has 3 aliphatic rings. The molecule has 3 aromatic heterocycles. The standard InChI is InChI=1S/C32H46Cl2N20O2/c33-20-24(37)46-22(35)18(44-20)26(55)48-28(39)41-16-7-11-53(12-8-16)31-50-30(43-15-5-3-1-2-4-6-15)51-32(52-31)54-13-9-17(10-14-54)42-29(40)49-27(56)19-23(36)47-25(38)21(34)45-19/h15-17H,1-14H2,(H4,35,37,46)(H4,36,38,47)(H3,39,41,48,55)(H3,40,42,49,56)(H,43,50,51,52). The molecule has 3 fully saturated rings. The van der Waals surface area contributed by atoms with Crippen molar-refractivity contribution in [2.75, 3.05) is 64.2 Å². The number of aliphatic imine (C=N–C) groups is 2. The van der Waals surface area contributed by atoms with Gasteiger partial charge in [-0.2, -0.15) is 15.0 Å². The Balaban J connectivity index is 1.10. The van der Waals surface area contributed by atoms with E-state index in [1.165, 1.54) is 12.8 Å². The predicted molar refractivity (Wildman–Crippen MR) is 215 cm³/mol. The lowest BCUT2D eigenvalue weighted by Gasteiger charge is -2.33. The molecule has 2 saturated heterocycles. The molecule has 56 heavy (non-hydrogen) atoms. The van der Waals surface area contributed by atoms with Crippen molar-refractivity contribution in [2.45, 2.75) is 82.3 Å². The molecular weight excluding hydrogens is 767 g/mol. The van der Waals surface area contributed by atoms with Gasteiger partial charge in [0.15, 0.2) is 56.9 Å². The molecule has 2 amide bonds. The van der Waals surface area contributed by atoms with Crippen LogP contribution in [-0.2, 0) is 0 Å². The van der Waals surface area contributed by atoms with Crippen molar-refractivity contribution in [3.8, 4) is 0 Å². The number of guanidine groups is 2. The number of hydrogen-bond donors (Lipinski definition) is 9. The number of nitrogens with two attached hydrogens (primary N) is 6. The summed E-state index contributed by atoms with van der Waals surface area (Å²) >= 11 is 11.8. The van der Waals surface area contributed by atoms with Gasteiger partial charge in [-0.15, -0.1) is 0 Å². The highest BCUT2D eigenvalue weighted by Crippen LogP contribution is 2.27. The Morgan fingerprint density at radius 2 is 0.982 bits per heavy atom. The first kappa shape index (κ1) is 39.9. The van der Waals surface area contributed by atoms with Crippen LogP contribution in [-0.4, -0.2) is 103 Å². The molecule has 2 aliphatic heterocycles. The van der Waals surface area contributed by atoms with Crippen LogP contribution in [0.3, 0.4) is 0 Å². The number of piperidine rings is 2. The van der Waals surface area contributed by atoms with Crippen LogP contribution in [0, 0.1) is 0 Å². The average molecular weight is 814 g/mol. The van der Waals surface area contributed by atoms with E-state index in [-0.39, 0.29) is 75.0 Å². The number of rotatable bonds is 8. The Kier molecular flexibility index (Phi) is 12.7. The fourth-order valence-corrected chi connectivity index (χ4v) is 6.98. The van der Waals surface area contributed by atoms with E-state index in [1.807, 2.05) is 0 Å². The number of anilines is 7. The molecule has 0 atom stereocenters. The van der Waals surface area contributed by atoms with Gasteiger partial charge >= 0.3 is 0 Å². The van der Waals surface area contributed by atoms with Gasteiger partial charge in [-0.1, -0.05) is 48.9 Å². The molecule has 0 unspecified atom stereocenters. The largest absolute Gasteiger partial charge is 0.382 e. The minimum Gasteiger partial charge on any atom is -0.382 e. The number of amides is 2. The summed E-state index contributed by atoms with van der Waals surface area (Å²) in [6, 6.07) is -0.0594. The molecule has 5 heterocycles. The molecule has 0 radical (unpaired) electrons. The van der Waals surface area contributed by atoms with E-state index in [0.29, 0.717) is 69.7 Å². The lowest BCUT2D eigenvalue weighted by Crippen LogP contribution is -2.42. The van der Waals surface area contributed by atoms with E-state index in [1.54, 1.807) is 0 Å². The number of hydrogen-bond acceptors (Lipinski definition) is 18. The quantitative estimate of drug-likeness (QED) is 0.0856. The summed E-state index contributed by atoms with van der Waals surface area (Å²) in [6.45, 7) is 2.37. The Labute approximate surface area is 332 Å². The third-order valence-corrected chi connectivity index (χ3v) is 10.2. The second kappa shape index (κ2) is 17.8. The molecule has 1 aliphatic carbocycles. The zero-order valence-electron chi connectivity index (χ0n) is 30.6. The molecule has 1 saturated carbocycles. The van der Waals surface area contributed by atoms with E-state index in [9.17, 15) is 9.59 Å². The van der Waals surface area contributed by atoms with Gasteiger partial charge in [-0.3, -0.25) is 20.2 Å². The van der Waals surface area contributed by atoms with E-state index in [0.717, 1.165) is 25.7 Å². The van der Waals surface area contributed by atoms with Crippen LogP contribution >= 0.6 is 23.2 Å². The fraction of sp³-hybridized carbons (Fsp3) is 0.531. The minimum atomic E-state index is -0.700. The second-order valence-corrected chi connectivity index (χ2v) is 14.4. The third-order valence-electron chi connectivity index (χ3n) is 9.66. The summed E-state index contributed by atoms with van der Waals surface area (Å²) in [4.78, 5) is 68.8. The number of nitrogen functional groups attached to an aromatic ring is 4.